The summed E-state index contributed by atoms with van der Waals surface area (Å²) in [5.41, 5.74) is 0.292. The molecule has 1 heterocycles. The van der Waals surface area contributed by atoms with E-state index in [0.29, 0.717) is 5.92 Å². The molecule has 0 aromatic carbocycles. The first-order valence-electron chi connectivity index (χ1n) is 6.74. The van der Waals surface area contributed by atoms with Crippen molar-refractivity contribution in [3.8, 4) is 0 Å². The van der Waals surface area contributed by atoms with Crippen LogP contribution in [0.3, 0.4) is 0 Å². The molecular weight excluding hydrogens is 226 g/mol. The van der Waals surface area contributed by atoms with Crippen molar-refractivity contribution in [2.75, 3.05) is 0 Å². The van der Waals surface area contributed by atoms with Gasteiger partial charge >= 0.3 is 5.97 Å². The van der Waals surface area contributed by atoms with Gasteiger partial charge in [0.2, 0.25) is 0 Å². The van der Waals surface area contributed by atoms with Gasteiger partial charge in [-0.1, -0.05) is 25.3 Å². The minimum atomic E-state index is -0.576. The third-order valence-corrected chi connectivity index (χ3v) is 3.91. The third-order valence-electron chi connectivity index (χ3n) is 3.91. The van der Waals surface area contributed by atoms with Gasteiger partial charge in [-0.2, -0.15) is 0 Å². The quantitative estimate of drug-likeness (QED) is 0.768. The standard InChI is InChI=1S/C15H21NO2/c1-12(17)18-15(2,13-8-4-3-5-9-13)14-10-6-7-11-16-14/h6-7,10-11,13H,3-5,8-9H2,1-2H3. The van der Waals surface area contributed by atoms with Crippen molar-refractivity contribution in [3.63, 3.8) is 0 Å². The fraction of sp³-hybridized carbons (Fsp3) is 0.600. The predicted molar refractivity (Wildman–Crippen MR) is 69.9 cm³/mol. The number of pyridine rings is 1. The Kier molecular flexibility index (Phi) is 4.00. The number of esters is 1. The fourth-order valence-corrected chi connectivity index (χ4v) is 2.95. The Balaban J connectivity index is 2.30. The number of ether oxygens (including phenoxy) is 1. The van der Waals surface area contributed by atoms with E-state index in [1.165, 1.54) is 26.2 Å². The normalized spacial score (nSPS) is 20.1. The molecule has 98 valence electrons. The van der Waals surface area contributed by atoms with Crippen molar-refractivity contribution < 1.29 is 9.53 Å². The van der Waals surface area contributed by atoms with E-state index in [0.717, 1.165) is 18.5 Å². The van der Waals surface area contributed by atoms with Crippen molar-refractivity contribution >= 4 is 5.97 Å². The summed E-state index contributed by atoms with van der Waals surface area (Å²) in [7, 11) is 0. The van der Waals surface area contributed by atoms with Crippen molar-refractivity contribution in [3.05, 3.63) is 30.1 Å². The van der Waals surface area contributed by atoms with Crippen LogP contribution in [-0.4, -0.2) is 11.0 Å². The van der Waals surface area contributed by atoms with Gasteiger partial charge in [0.1, 0.15) is 0 Å². The summed E-state index contributed by atoms with van der Waals surface area (Å²) in [6.45, 7) is 3.48. The minimum Gasteiger partial charge on any atom is -0.453 e. The smallest absolute Gasteiger partial charge is 0.303 e. The van der Waals surface area contributed by atoms with Crippen LogP contribution >= 0.6 is 0 Å². The molecule has 1 saturated carbocycles. The SMILES string of the molecule is CC(=O)OC(C)(c1ccccn1)C1CCCCC1. The maximum atomic E-state index is 11.4. The highest BCUT2D eigenvalue weighted by atomic mass is 16.6. The van der Waals surface area contributed by atoms with E-state index in [-0.39, 0.29) is 5.97 Å². The number of aromatic nitrogens is 1. The van der Waals surface area contributed by atoms with Gasteiger partial charge in [0.05, 0.1) is 5.69 Å². The van der Waals surface area contributed by atoms with Gasteiger partial charge in [-0.3, -0.25) is 9.78 Å². The zero-order chi connectivity index (χ0) is 13.0. The average Bonchev–Trinajstić information content (AvgIpc) is 2.40. The van der Waals surface area contributed by atoms with Crippen molar-refractivity contribution in [1.29, 1.82) is 0 Å². The minimum absolute atomic E-state index is 0.228. The van der Waals surface area contributed by atoms with Crippen LogP contribution in [0, 0.1) is 5.92 Å². The van der Waals surface area contributed by atoms with Crippen LogP contribution in [0.5, 0.6) is 0 Å². The molecule has 1 aliphatic rings. The molecule has 1 aromatic heterocycles. The van der Waals surface area contributed by atoms with E-state index in [4.69, 9.17) is 4.74 Å². The second-order valence-electron chi connectivity index (χ2n) is 5.25. The van der Waals surface area contributed by atoms with E-state index in [1.807, 2.05) is 25.1 Å². The first kappa shape index (κ1) is 13.1. The summed E-state index contributed by atoms with van der Waals surface area (Å²) in [4.78, 5) is 15.8. The molecule has 0 amide bonds. The van der Waals surface area contributed by atoms with E-state index in [9.17, 15) is 4.79 Å². The van der Waals surface area contributed by atoms with Crippen molar-refractivity contribution in [2.24, 2.45) is 5.92 Å². The molecule has 1 atom stereocenters. The lowest BCUT2D eigenvalue weighted by molar-refractivity contribution is -0.165. The van der Waals surface area contributed by atoms with E-state index in [1.54, 1.807) is 6.20 Å². The highest BCUT2D eigenvalue weighted by Crippen LogP contribution is 2.41. The Bertz CT molecular complexity index is 398. The number of nitrogens with zero attached hydrogens (tertiary/aromatic N) is 1. The molecule has 1 aromatic rings. The zero-order valence-electron chi connectivity index (χ0n) is 11.2. The van der Waals surface area contributed by atoms with Crippen LogP contribution in [-0.2, 0) is 15.1 Å². The molecule has 0 spiro atoms. The Morgan fingerprint density at radius 1 is 1.33 bits per heavy atom. The Hall–Kier alpha value is -1.38. The third kappa shape index (κ3) is 2.71. The Morgan fingerprint density at radius 2 is 2.06 bits per heavy atom. The second kappa shape index (κ2) is 5.51. The van der Waals surface area contributed by atoms with Gasteiger partial charge in [-0.25, -0.2) is 0 Å². The maximum Gasteiger partial charge on any atom is 0.303 e. The molecule has 0 saturated heterocycles. The van der Waals surface area contributed by atoms with Gasteiger partial charge in [0.25, 0.3) is 0 Å². The lowest BCUT2D eigenvalue weighted by Crippen LogP contribution is -2.38. The van der Waals surface area contributed by atoms with Crippen LogP contribution in [0.1, 0.15) is 51.6 Å². The molecule has 1 unspecified atom stereocenters. The van der Waals surface area contributed by atoms with Crippen molar-refractivity contribution in [1.82, 2.24) is 4.98 Å². The zero-order valence-corrected chi connectivity index (χ0v) is 11.2. The summed E-state index contributed by atoms with van der Waals surface area (Å²) in [5.74, 6) is 0.152. The number of carbonyl (C=O) groups excluding carboxylic acids is 1. The number of carbonyl (C=O) groups is 1. The lowest BCUT2D eigenvalue weighted by Gasteiger charge is -2.38. The molecular formula is C15H21NO2. The topological polar surface area (TPSA) is 39.2 Å². The van der Waals surface area contributed by atoms with Crippen LogP contribution in [0.25, 0.3) is 0 Å². The first-order chi connectivity index (χ1) is 8.63. The molecule has 0 radical (unpaired) electrons. The van der Waals surface area contributed by atoms with E-state index >= 15 is 0 Å². The fourth-order valence-electron chi connectivity index (χ4n) is 2.95. The van der Waals surface area contributed by atoms with E-state index in [2.05, 4.69) is 4.98 Å². The largest absolute Gasteiger partial charge is 0.453 e. The highest BCUT2D eigenvalue weighted by molar-refractivity contribution is 5.66. The highest BCUT2D eigenvalue weighted by Gasteiger charge is 2.40. The summed E-state index contributed by atoms with van der Waals surface area (Å²) in [6.07, 6.45) is 7.71. The molecule has 3 nitrogen and oxygen atoms in total. The molecule has 0 bridgehead atoms. The van der Waals surface area contributed by atoms with E-state index < -0.39 is 5.60 Å². The predicted octanol–water partition coefficient (Wildman–Crippen LogP) is 3.44. The summed E-state index contributed by atoms with van der Waals surface area (Å²) < 4.78 is 5.66. The monoisotopic (exact) mass is 247 g/mol. The Morgan fingerprint density at radius 3 is 2.61 bits per heavy atom. The van der Waals surface area contributed by atoms with Crippen LogP contribution in [0.2, 0.25) is 0 Å². The molecule has 1 fully saturated rings. The molecule has 18 heavy (non-hydrogen) atoms. The number of hydrogen-bond donors (Lipinski definition) is 0. The molecule has 3 heteroatoms. The Labute approximate surface area is 109 Å². The van der Waals surface area contributed by atoms with Gasteiger partial charge in [-0.05, 0) is 31.9 Å². The second-order valence-corrected chi connectivity index (χ2v) is 5.25. The van der Waals surface area contributed by atoms with Crippen molar-refractivity contribution in [2.45, 2.75) is 51.6 Å². The molecule has 0 aliphatic heterocycles. The first-order valence-corrected chi connectivity index (χ1v) is 6.74. The number of rotatable bonds is 3. The van der Waals surface area contributed by atoms with Gasteiger partial charge in [-0.15, -0.1) is 0 Å². The average molecular weight is 247 g/mol. The van der Waals surface area contributed by atoms with Crippen LogP contribution < -0.4 is 0 Å². The van der Waals surface area contributed by atoms with Crippen LogP contribution in [0.4, 0.5) is 0 Å². The summed E-state index contributed by atoms with van der Waals surface area (Å²) in [6, 6.07) is 5.79. The molecule has 0 N–H and O–H groups in total. The number of hydrogen-bond acceptors (Lipinski definition) is 3. The van der Waals surface area contributed by atoms with Gasteiger partial charge < -0.3 is 4.74 Å². The summed E-state index contributed by atoms with van der Waals surface area (Å²) >= 11 is 0. The molecule has 1 aliphatic carbocycles. The maximum absolute atomic E-state index is 11.4. The summed E-state index contributed by atoms with van der Waals surface area (Å²) in [5, 5.41) is 0. The lowest BCUT2D eigenvalue weighted by atomic mass is 9.76. The van der Waals surface area contributed by atoms with Gasteiger partial charge in [0.15, 0.2) is 5.60 Å². The molecule has 2 rings (SSSR count). The van der Waals surface area contributed by atoms with Gasteiger partial charge in [0, 0.05) is 19.0 Å². The van der Waals surface area contributed by atoms with Crippen LogP contribution in [0.15, 0.2) is 24.4 Å².